The van der Waals surface area contributed by atoms with Crippen LogP contribution in [0.1, 0.15) is 45.0 Å². The molecule has 28 nitrogen and oxygen atoms in total. The first kappa shape index (κ1) is 52.5. The molecule has 6 aliphatic heterocycles. The van der Waals surface area contributed by atoms with E-state index in [1.54, 1.807) is 0 Å². The Bertz CT molecular complexity index is 2650. The first-order valence-electron chi connectivity index (χ1n) is 22.3. The normalized spacial score (nSPS) is 42.3. The van der Waals surface area contributed by atoms with Gasteiger partial charge in [-0.2, -0.15) is 0 Å². The van der Waals surface area contributed by atoms with E-state index < -0.39 is 214 Å². The Labute approximate surface area is 403 Å². The number of rotatable bonds is 8. The fraction of sp³-hybridized carbons (Fsp3) is 0.545. The van der Waals surface area contributed by atoms with Crippen LogP contribution in [0.4, 0.5) is 0 Å². The zero-order valence-electron chi connectivity index (χ0n) is 37.2. The summed E-state index contributed by atoms with van der Waals surface area (Å²) in [5.74, 6) is 0. The van der Waals surface area contributed by atoms with Gasteiger partial charge in [0.15, 0.2) is 47.6 Å². The summed E-state index contributed by atoms with van der Waals surface area (Å²) < 4.78 is 20.7. The maximum Gasteiger partial charge on any atom is 0.184 e. The minimum Gasteiger partial charge on any atom is -0.394 e. The van der Waals surface area contributed by atoms with Crippen LogP contribution in [0.25, 0.3) is 46.4 Å². The summed E-state index contributed by atoms with van der Waals surface area (Å²) in [5.41, 5.74) is -19.1. The highest BCUT2D eigenvalue weighted by Crippen LogP contribution is 2.48. The molecule has 9 rings (SSSR count). The average Bonchev–Trinajstić information content (AvgIpc) is 4.22. The van der Waals surface area contributed by atoms with Gasteiger partial charge >= 0.3 is 0 Å². The zero-order valence-corrected chi connectivity index (χ0v) is 37.2. The Morgan fingerprint density at radius 3 is 0.833 bits per heavy atom. The van der Waals surface area contributed by atoms with Crippen molar-refractivity contribution < 1.29 is 121 Å². The number of hydrogen-bond donors (Lipinski definition) is 22. The molecule has 0 aromatic carbocycles. The third-order valence-corrected chi connectivity index (χ3v) is 14.4. The highest BCUT2D eigenvalue weighted by Gasteiger charge is 2.62. The zero-order chi connectivity index (χ0) is 52.3. The fourth-order valence-electron chi connectivity index (χ4n) is 10.7. The van der Waals surface area contributed by atoms with E-state index in [1.807, 2.05) is 0 Å². The molecule has 22 N–H and O–H groups in total. The van der Waals surface area contributed by atoms with Gasteiger partial charge < -0.3 is 131 Å². The van der Waals surface area contributed by atoms with Crippen molar-refractivity contribution in [3.05, 3.63) is 69.3 Å². The van der Waals surface area contributed by atoms with Gasteiger partial charge in [-0.05, 0) is 48.6 Å². The summed E-state index contributed by atoms with van der Waals surface area (Å²) in [6, 6.07) is 4.50. The topological polar surface area (TPSA) is 499 Å². The van der Waals surface area contributed by atoms with Crippen molar-refractivity contribution in [2.24, 2.45) is 0 Å². The lowest BCUT2D eigenvalue weighted by molar-refractivity contribution is -0.326. The Hall–Kier alpha value is -4.36. The Kier molecular flexibility index (Phi) is 13.7. The van der Waals surface area contributed by atoms with E-state index in [0.29, 0.717) is 0 Å². The van der Waals surface area contributed by atoms with Crippen molar-refractivity contribution >= 4 is 46.4 Å². The van der Waals surface area contributed by atoms with Crippen LogP contribution >= 0.6 is 0 Å². The first-order chi connectivity index (χ1) is 34.0. The molecular weight excluding hydrogens is 968 g/mol. The molecular formula is C44H54N4O24. The third-order valence-electron chi connectivity index (χ3n) is 14.4. The molecule has 4 saturated heterocycles. The Morgan fingerprint density at radius 2 is 0.569 bits per heavy atom. The van der Waals surface area contributed by atoms with E-state index in [1.165, 1.54) is 0 Å². The molecule has 0 aliphatic carbocycles. The van der Waals surface area contributed by atoms with E-state index in [0.717, 1.165) is 48.6 Å². The van der Waals surface area contributed by atoms with E-state index in [-0.39, 0.29) is 0 Å². The van der Waals surface area contributed by atoms with E-state index in [4.69, 9.17) is 18.9 Å². The lowest BCUT2D eigenvalue weighted by Gasteiger charge is -2.47. The van der Waals surface area contributed by atoms with Crippen LogP contribution in [0.2, 0.25) is 0 Å². The monoisotopic (exact) mass is 1020 g/mol. The van der Waals surface area contributed by atoms with Crippen LogP contribution in [0, 0.1) is 0 Å². The molecule has 0 amide bonds. The second kappa shape index (κ2) is 18.8. The second-order valence-corrected chi connectivity index (χ2v) is 18.4. The van der Waals surface area contributed by atoms with Crippen molar-refractivity contribution in [1.29, 1.82) is 0 Å². The van der Waals surface area contributed by atoms with Gasteiger partial charge in [0, 0.05) is 44.3 Å². The number of nitrogens with one attached hydrogen (secondary N) is 2. The van der Waals surface area contributed by atoms with Crippen molar-refractivity contribution in [2.45, 2.75) is 121 Å². The van der Waals surface area contributed by atoms with Crippen molar-refractivity contribution in [3.63, 3.8) is 0 Å². The highest BCUT2D eigenvalue weighted by atomic mass is 16.7. The summed E-state index contributed by atoms with van der Waals surface area (Å²) in [7, 11) is 0. The molecule has 8 bridgehead atoms. The number of ether oxygens (including phenoxy) is 4. The minimum atomic E-state index is -3.20. The van der Waals surface area contributed by atoms with Crippen LogP contribution in [0.15, 0.2) is 24.3 Å². The van der Waals surface area contributed by atoms with Gasteiger partial charge in [0.2, 0.25) is 0 Å². The molecule has 72 heavy (non-hydrogen) atoms. The van der Waals surface area contributed by atoms with Crippen molar-refractivity contribution in [3.8, 4) is 0 Å². The number of aromatic nitrogens is 4. The highest BCUT2D eigenvalue weighted by molar-refractivity contribution is 5.85. The van der Waals surface area contributed by atoms with Gasteiger partial charge in [0.1, 0.15) is 73.2 Å². The standard InChI is InChI=1S/C44H54N4O24/c49-9-21-29(53)41(65,33(57)37(61)69-21)25-13-1-2-14(45-13)26(42(66)30(54)22(10-50)70-38(62)34(42)58)16-5-6-18(47-16)28(44(68)32(56)24(12-52)72-40(64)36(44)60)20-8-7-19(48-20)27(17-4-3-15(25)46-17)43(67)31(55)23(11-51)71-39(63)35(43)59/h1-8,21-24,29-40,45-46,49-68H,9-12H2/t21-,22-,23-,24-,29+,30+,31+,32+,33+,34+,35+,36+,37-,38-,39-,40-,41-,42-,43+,44-/m1/s1. The molecule has 6 aliphatic rings. The smallest absolute Gasteiger partial charge is 0.184 e. The number of nitrogens with zero attached hydrogens (tertiary/aromatic N) is 2. The Balaban J connectivity index is 1.52. The summed E-state index contributed by atoms with van der Waals surface area (Å²) >= 11 is 0. The van der Waals surface area contributed by atoms with E-state index in [2.05, 4.69) is 19.9 Å². The van der Waals surface area contributed by atoms with Crippen LogP contribution in [-0.2, 0) is 41.4 Å². The van der Waals surface area contributed by atoms with Crippen molar-refractivity contribution in [2.75, 3.05) is 26.4 Å². The minimum absolute atomic E-state index is 0.394. The van der Waals surface area contributed by atoms with Gasteiger partial charge in [0.05, 0.1) is 49.2 Å². The summed E-state index contributed by atoms with van der Waals surface area (Å²) in [5, 5.41) is 229. The average molecular weight is 1020 g/mol. The molecule has 9 heterocycles. The van der Waals surface area contributed by atoms with Crippen LogP contribution in [-0.4, -0.2) is 247 Å². The SMILES string of the molecule is OC[C@H]1O[C@@H](O)[C@H](O)[C@](O)(c2c3nc(c([C@]4(O)[C@@H](O)[C@H](O)O[C@H](CO)[C@@H]4O)c4nc(c([C@]5(O)[C@@H](O)[C@H](O)O[C@H](CO)[C@@H]5O)c5ccc([nH]5)c([C@]5(O)[C@@H](O)[C@H](O)O[C@H](CO)[C@@H]5O)c5ccc2[nH]5)C=C4)C=C3)[C@H]1O. The molecule has 4 fully saturated rings. The van der Waals surface area contributed by atoms with Crippen LogP contribution < -0.4 is 0 Å². The third kappa shape index (κ3) is 7.47. The predicted octanol–water partition coefficient (Wildman–Crippen LogP) is -8.87. The molecule has 0 unspecified atom stereocenters. The summed E-state index contributed by atoms with van der Waals surface area (Å²) in [4.78, 5) is 14.8. The Morgan fingerprint density at radius 1 is 0.347 bits per heavy atom. The first-order valence-corrected chi connectivity index (χ1v) is 22.3. The fourth-order valence-corrected chi connectivity index (χ4v) is 10.7. The van der Waals surface area contributed by atoms with Gasteiger partial charge in [-0.3, -0.25) is 0 Å². The van der Waals surface area contributed by atoms with Crippen molar-refractivity contribution in [1.82, 2.24) is 19.9 Å². The summed E-state index contributed by atoms with van der Waals surface area (Å²) in [6.45, 7) is -4.28. The maximum absolute atomic E-state index is 12.7. The van der Waals surface area contributed by atoms with Gasteiger partial charge in [-0.15, -0.1) is 0 Å². The van der Waals surface area contributed by atoms with E-state index >= 15 is 0 Å². The number of aromatic amines is 2. The molecule has 3 aromatic heterocycles. The summed E-state index contributed by atoms with van der Waals surface area (Å²) in [6.07, 6.45) is -32.0. The van der Waals surface area contributed by atoms with Crippen LogP contribution in [0.5, 0.6) is 0 Å². The number of aliphatic hydroxyl groups excluding tert-OH is 16. The van der Waals surface area contributed by atoms with Gasteiger partial charge in [0.25, 0.3) is 0 Å². The molecule has 20 atom stereocenters. The lowest BCUT2D eigenvalue weighted by atomic mass is 9.77. The van der Waals surface area contributed by atoms with Crippen LogP contribution in [0.3, 0.4) is 0 Å². The largest absolute Gasteiger partial charge is 0.394 e. The second-order valence-electron chi connectivity index (χ2n) is 18.4. The number of hydrogen-bond acceptors (Lipinski definition) is 26. The molecule has 3 aromatic rings. The molecule has 0 radical (unpaired) electrons. The quantitative estimate of drug-likeness (QED) is 0.0686. The number of aliphatic hydroxyl groups is 20. The molecule has 0 saturated carbocycles. The number of H-pyrrole nitrogens is 2. The van der Waals surface area contributed by atoms with Gasteiger partial charge in [-0.1, -0.05) is 0 Å². The molecule has 28 heteroatoms. The van der Waals surface area contributed by atoms with Gasteiger partial charge in [-0.25, -0.2) is 9.97 Å². The van der Waals surface area contributed by atoms with E-state index in [9.17, 15) is 102 Å². The predicted molar refractivity (Wildman–Crippen MR) is 234 cm³/mol. The lowest BCUT2D eigenvalue weighted by Crippen LogP contribution is -2.65. The molecule has 394 valence electrons. The molecule has 0 spiro atoms. The maximum atomic E-state index is 12.7. The number of fused-ring (bicyclic) bond motifs is 8.